The fourth-order valence-corrected chi connectivity index (χ4v) is 1.28. The van der Waals surface area contributed by atoms with Crippen molar-refractivity contribution in [1.82, 2.24) is 0 Å². The molecule has 1 rings (SSSR count). The quantitative estimate of drug-likeness (QED) is 0.441. The molecule has 0 aliphatic heterocycles. The number of esters is 2. The van der Waals surface area contributed by atoms with E-state index in [1.165, 1.54) is 24.3 Å². The molecular formula is C14H16O4. The summed E-state index contributed by atoms with van der Waals surface area (Å²) in [5.74, 6) is -0.886. The van der Waals surface area contributed by atoms with Crippen LogP contribution in [-0.2, 0) is 9.47 Å². The second-order valence-electron chi connectivity index (χ2n) is 3.64. The summed E-state index contributed by atoms with van der Waals surface area (Å²) in [5, 5.41) is 0. The van der Waals surface area contributed by atoms with Crippen molar-refractivity contribution < 1.29 is 19.1 Å². The van der Waals surface area contributed by atoms with Gasteiger partial charge in [0.1, 0.15) is 0 Å². The van der Waals surface area contributed by atoms with E-state index in [0.29, 0.717) is 17.7 Å². The fourth-order valence-electron chi connectivity index (χ4n) is 1.28. The number of rotatable bonds is 6. The molecule has 0 saturated carbocycles. The lowest BCUT2D eigenvalue weighted by Gasteiger charge is -2.04. The van der Waals surface area contributed by atoms with Gasteiger partial charge >= 0.3 is 11.9 Å². The van der Waals surface area contributed by atoms with E-state index in [1.807, 2.05) is 6.92 Å². The van der Waals surface area contributed by atoms with Crippen LogP contribution < -0.4 is 0 Å². The maximum atomic E-state index is 11.6. The van der Waals surface area contributed by atoms with Crippen LogP contribution in [0.4, 0.5) is 0 Å². The van der Waals surface area contributed by atoms with Crippen molar-refractivity contribution in [3.05, 3.63) is 48.2 Å². The summed E-state index contributed by atoms with van der Waals surface area (Å²) in [5.41, 5.74) is 0.779. The van der Waals surface area contributed by atoms with Crippen LogP contribution in [0.15, 0.2) is 37.1 Å². The molecule has 0 saturated heterocycles. The summed E-state index contributed by atoms with van der Waals surface area (Å²) < 4.78 is 9.66. The Kier molecular flexibility index (Phi) is 5.64. The van der Waals surface area contributed by atoms with Crippen LogP contribution in [0.5, 0.6) is 0 Å². The van der Waals surface area contributed by atoms with Crippen molar-refractivity contribution in [1.29, 1.82) is 0 Å². The third kappa shape index (κ3) is 4.05. The molecule has 18 heavy (non-hydrogen) atoms. The largest absolute Gasteiger partial charge is 0.462 e. The van der Waals surface area contributed by atoms with Crippen LogP contribution >= 0.6 is 0 Å². The van der Waals surface area contributed by atoms with Gasteiger partial charge in [0.2, 0.25) is 0 Å². The van der Waals surface area contributed by atoms with E-state index in [-0.39, 0.29) is 5.97 Å². The van der Waals surface area contributed by atoms with Crippen LogP contribution in [0.3, 0.4) is 0 Å². The number of carbonyl (C=O) groups excluding carboxylic acids is 2. The lowest BCUT2D eigenvalue weighted by molar-refractivity contribution is 0.0498. The van der Waals surface area contributed by atoms with Crippen LogP contribution in [0.2, 0.25) is 0 Å². The van der Waals surface area contributed by atoms with E-state index < -0.39 is 5.97 Å². The molecule has 0 atom stereocenters. The van der Waals surface area contributed by atoms with Gasteiger partial charge in [0, 0.05) is 0 Å². The van der Waals surface area contributed by atoms with Gasteiger partial charge in [-0.25, -0.2) is 9.59 Å². The van der Waals surface area contributed by atoms with Gasteiger partial charge in [0.15, 0.2) is 0 Å². The van der Waals surface area contributed by atoms with E-state index in [4.69, 9.17) is 4.74 Å². The number of unbranched alkanes of at least 4 members (excludes halogenated alkanes) is 1. The molecule has 4 nitrogen and oxygen atoms in total. The van der Waals surface area contributed by atoms with Crippen molar-refractivity contribution in [2.75, 3.05) is 6.61 Å². The van der Waals surface area contributed by atoms with Gasteiger partial charge in [-0.05, 0) is 30.7 Å². The summed E-state index contributed by atoms with van der Waals surface area (Å²) in [6.07, 6.45) is 2.88. The molecule has 1 aromatic rings. The minimum atomic E-state index is -0.504. The van der Waals surface area contributed by atoms with Gasteiger partial charge in [0.05, 0.1) is 24.0 Å². The second-order valence-corrected chi connectivity index (χ2v) is 3.64. The van der Waals surface area contributed by atoms with E-state index in [2.05, 4.69) is 11.3 Å². The first kappa shape index (κ1) is 14.0. The average molecular weight is 248 g/mol. The molecule has 0 aliphatic carbocycles. The molecule has 1 aromatic carbocycles. The predicted molar refractivity (Wildman–Crippen MR) is 67.2 cm³/mol. The first-order chi connectivity index (χ1) is 8.69. The van der Waals surface area contributed by atoms with Gasteiger partial charge in [-0.1, -0.05) is 19.9 Å². The summed E-state index contributed by atoms with van der Waals surface area (Å²) in [6.45, 7) is 5.73. The first-order valence-electron chi connectivity index (χ1n) is 5.78. The lowest BCUT2D eigenvalue weighted by atomic mass is 10.1. The van der Waals surface area contributed by atoms with Crippen LogP contribution in [0.1, 0.15) is 40.5 Å². The summed E-state index contributed by atoms with van der Waals surface area (Å²) >= 11 is 0. The zero-order valence-electron chi connectivity index (χ0n) is 10.3. The van der Waals surface area contributed by atoms with E-state index >= 15 is 0 Å². The van der Waals surface area contributed by atoms with Crippen molar-refractivity contribution in [2.45, 2.75) is 19.8 Å². The van der Waals surface area contributed by atoms with Crippen LogP contribution in [0, 0.1) is 0 Å². The average Bonchev–Trinajstić information content (AvgIpc) is 2.39. The molecule has 0 amide bonds. The number of ether oxygens (including phenoxy) is 2. The third-order valence-electron chi connectivity index (χ3n) is 2.28. The van der Waals surface area contributed by atoms with Crippen molar-refractivity contribution in [2.24, 2.45) is 0 Å². The minimum absolute atomic E-state index is 0.361. The minimum Gasteiger partial charge on any atom is -0.462 e. The van der Waals surface area contributed by atoms with Gasteiger partial charge < -0.3 is 9.47 Å². The molecule has 0 bridgehead atoms. The molecule has 0 N–H and O–H groups in total. The smallest absolute Gasteiger partial charge is 0.342 e. The maximum Gasteiger partial charge on any atom is 0.342 e. The molecule has 96 valence electrons. The molecule has 0 heterocycles. The Hall–Kier alpha value is -2.10. The molecule has 0 aliphatic rings. The Morgan fingerprint density at radius 3 is 2.22 bits per heavy atom. The lowest BCUT2D eigenvalue weighted by Crippen LogP contribution is -2.07. The van der Waals surface area contributed by atoms with Crippen molar-refractivity contribution in [3.63, 3.8) is 0 Å². The molecule has 0 radical (unpaired) electrons. The highest BCUT2D eigenvalue weighted by atomic mass is 16.5. The Balaban J connectivity index is 2.61. The second kappa shape index (κ2) is 7.27. The van der Waals surface area contributed by atoms with Gasteiger partial charge in [0.25, 0.3) is 0 Å². The fraction of sp³-hybridized carbons (Fsp3) is 0.286. The third-order valence-corrected chi connectivity index (χ3v) is 2.28. The summed E-state index contributed by atoms with van der Waals surface area (Å²) in [4.78, 5) is 22.9. The number of benzene rings is 1. The zero-order chi connectivity index (χ0) is 13.4. The molecule has 4 heteroatoms. The van der Waals surface area contributed by atoms with Crippen LogP contribution in [-0.4, -0.2) is 18.5 Å². The molecule has 0 fully saturated rings. The number of carbonyl (C=O) groups is 2. The normalized spacial score (nSPS) is 9.61. The highest BCUT2D eigenvalue weighted by Gasteiger charge is 2.09. The standard InChI is InChI=1S/C14H16O4/c1-3-5-10-18-14(16)12-8-6-11(7-9-12)13(15)17-4-2/h4,6-9H,2-3,5,10H2,1H3. The Morgan fingerprint density at radius 2 is 1.72 bits per heavy atom. The van der Waals surface area contributed by atoms with Crippen molar-refractivity contribution >= 4 is 11.9 Å². The Labute approximate surface area is 106 Å². The molecular weight excluding hydrogens is 232 g/mol. The van der Waals surface area contributed by atoms with E-state index in [1.54, 1.807) is 0 Å². The maximum absolute atomic E-state index is 11.6. The molecule has 0 spiro atoms. The van der Waals surface area contributed by atoms with Crippen LogP contribution in [0.25, 0.3) is 0 Å². The monoisotopic (exact) mass is 248 g/mol. The zero-order valence-corrected chi connectivity index (χ0v) is 10.3. The van der Waals surface area contributed by atoms with E-state index in [0.717, 1.165) is 19.1 Å². The van der Waals surface area contributed by atoms with Gasteiger partial charge in [-0.2, -0.15) is 0 Å². The van der Waals surface area contributed by atoms with Gasteiger partial charge in [-0.15, -0.1) is 0 Å². The Morgan fingerprint density at radius 1 is 1.17 bits per heavy atom. The van der Waals surface area contributed by atoms with Gasteiger partial charge in [-0.3, -0.25) is 0 Å². The van der Waals surface area contributed by atoms with E-state index in [9.17, 15) is 9.59 Å². The van der Waals surface area contributed by atoms with Crippen molar-refractivity contribution in [3.8, 4) is 0 Å². The topological polar surface area (TPSA) is 52.6 Å². The number of hydrogen-bond donors (Lipinski definition) is 0. The predicted octanol–water partition coefficient (Wildman–Crippen LogP) is 2.94. The number of hydrogen-bond acceptors (Lipinski definition) is 4. The summed E-state index contributed by atoms with van der Waals surface area (Å²) in [7, 11) is 0. The highest BCUT2D eigenvalue weighted by molar-refractivity contribution is 5.93. The summed E-state index contributed by atoms with van der Waals surface area (Å²) in [6, 6.07) is 6.10. The first-order valence-corrected chi connectivity index (χ1v) is 5.78. The molecule has 0 unspecified atom stereocenters. The molecule has 0 aromatic heterocycles. The SMILES string of the molecule is C=COC(=O)c1ccc(C(=O)OCCCC)cc1. The highest BCUT2D eigenvalue weighted by Crippen LogP contribution is 2.08. The Bertz CT molecular complexity index is 420.